The third kappa shape index (κ3) is 7.95. The quantitative estimate of drug-likeness (QED) is 0.703. The van der Waals surface area contributed by atoms with Gasteiger partial charge in [-0.25, -0.2) is 0 Å². The van der Waals surface area contributed by atoms with Crippen molar-refractivity contribution in [2.75, 3.05) is 0 Å². The van der Waals surface area contributed by atoms with Crippen LogP contribution in [0.5, 0.6) is 0 Å². The number of aliphatic carboxylic acids is 2. The van der Waals surface area contributed by atoms with E-state index in [4.69, 9.17) is 10.2 Å². The predicted octanol–water partition coefficient (Wildman–Crippen LogP) is 5.33. The maximum Gasteiger partial charge on any atom is 0.316 e. The molecule has 1 rings (SSSR count). The summed E-state index contributed by atoms with van der Waals surface area (Å²) in [5.74, 6) is -1.51. The van der Waals surface area contributed by atoms with Crippen molar-refractivity contribution < 1.29 is 19.8 Å². The van der Waals surface area contributed by atoms with Crippen molar-refractivity contribution in [2.24, 2.45) is 0 Å². The van der Waals surface area contributed by atoms with Gasteiger partial charge in [0.1, 0.15) is 5.25 Å². The summed E-state index contributed by atoms with van der Waals surface area (Å²) in [6.45, 7) is 16.5. The van der Waals surface area contributed by atoms with Crippen molar-refractivity contribution in [3.05, 3.63) is 29.3 Å². The number of hydrogen-bond donors (Lipinski definition) is 2. The Morgan fingerprint density at radius 2 is 1.52 bits per heavy atom. The third-order valence-electron chi connectivity index (χ3n) is 3.54. The van der Waals surface area contributed by atoms with E-state index in [2.05, 4.69) is 47.6 Å². The van der Waals surface area contributed by atoms with Crippen LogP contribution in [0.3, 0.4) is 0 Å². The average Bonchev–Trinajstić information content (AvgIpc) is 2.45. The van der Waals surface area contributed by atoms with Gasteiger partial charge >= 0.3 is 11.9 Å². The first-order valence-electron chi connectivity index (χ1n) is 8.47. The van der Waals surface area contributed by atoms with Crippen molar-refractivity contribution in [1.29, 1.82) is 0 Å². The maximum absolute atomic E-state index is 11.1. The first-order chi connectivity index (χ1) is 11.2. The van der Waals surface area contributed by atoms with Gasteiger partial charge in [0.2, 0.25) is 0 Å². The Labute approximate surface area is 156 Å². The van der Waals surface area contributed by atoms with Gasteiger partial charge in [-0.2, -0.15) is 0 Å². The summed E-state index contributed by atoms with van der Waals surface area (Å²) in [5, 5.41) is 16.4. The summed E-state index contributed by atoms with van der Waals surface area (Å²) >= 11 is 1.44. The molecule has 0 aromatic heterocycles. The minimum Gasteiger partial charge on any atom is -0.481 e. The molecule has 0 spiro atoms. The zero-order valence-electron chi connectivity index (χ0n) is 16.6. The molecule has 1 aromatic carbocycles. The standard InChI is InChI=1S/C17H26O2S.C3H6O2/c1-11(15(18)19)20-13-10-8-9-12(16(2,3)4)14(13)17(5,6)7;1-2-3(4)5/h8-11H,1-7H3,(H,18,19);2H2,1H3,(H,4,5). The van der Waals surface area contributed by atoms with Crippen LogP contribution in [0.1, 0.15) is 72.9 Å². The van der Waals surface area contributed by atoms with E-state index in [0.717, 1.165) is 4.90 Å². The second kappa shape index (κ2) is 9.27. The van der Waals surface area contributed by atoms with Crippen LogP contribution in [-0.2, 0) is 20.4 Å². The first kappa shape index (κ1) is 23.5. The Morgan fingerprint density at radius 1 is 1.04 bits per heavy atom. The van der Waals surface area contributed by atoms with Crippen LogP contribution in [-0.4, -0.2) is 27.4 Å². The van der Waals surface area contributed by atoms with Crippen molar-refractivity contribution in [3.8, 4) is 0 Å². The van der Waals surface area contributed by atoms with Crippen LogP contribution in [0.4, 0.5) is 0 Å². The van der Waals surface area contributed by atoms with Crippen molar-refractivity contribution in [3.63, 3.8) is 0 Å². The normalized spacial score (nSPS) is 12.8. The van der Waals surface area contributed by atoms with Crippen molar-refractivity contribution in [2.45, 2.75) is 82.8 Å². The molecule has 0 bridgehead atoms. The molecule has 142 valence electrons. The number of benzene rings is 1. The minimum absolute atomic E-state index is 0.00949. The molecule has 1 atom stereocenters. The van der Waals surface area contributed by atoms with E-state index >= 15 is 0 Å². The molecule has 0 saturated heterocycles. The van der Waals surface area contributed by atoms with Crippen molar-refractivity contribution in [1.82, 2.24) is 0 Å². The lowest BCUT2D eigenvalue weighted by Gasteiger charge is -2.32. The summed E-state index contributed by atoms with van der Waals surface area (Å²) in [6.07, 6.45) is 0.222. The molecule has 4 nitrogen and oxygen atoms in total. The lowest BCUT2D eigenvalue weighted by atomic mass is 9.75. The highest BCUT2D eigenvalue weighted by molar-refractivity contribution is 8.00. The molecule has 0 radical (unpaired) electrons. The summed E-state index contributed by atoms with van der Waals surface area (Å²) < 4.78 is 0. The number of hydrogen-bond acceptors (Lipinski definition) is 3. The lowest BCUT2D eigenvalue weighted by molar-refractivity contribution is -0.137. The SMILES string of the molecule is CC(Sc1cccc(C(C)(C)C)c1C(C)(C)C)C(=O)O.CCC(=O)O. The van der Waals surface area contributed by atoms with Crippen LogP contribution >= 0.6 is 11.8 Å². The van der Waals surface area contributed by atoms with Crippen LogP contribution in [0.2, 0.25) is 0 Å². The van der Waals surface area contributed by atoms with Gasteiger partial charge in [-0.05, 0) is 34.9 Å². The van der Waals surface area contributed by atoms with Crippen LogP contribution in [0, 0.1) is 0 Å². The van der Waals surface area contributed by atoms with Gasteiger partial charge in [-0.15, -0.1) is 11.8 Å². The molecule has 0 aliphatic carbocycles. The molecular weight excluding hydrogens is 336 g/mol. The van der Waals surface area contributed by atoms with E-state index in [1.807, 2.05) is 12.1 Å². The highest BCUT2D eigenvalue weighted by Gasteiger charge is 2.28. The molecule has 0 aliphatic rings. The topological polar surface area (TPSA) is 74.6 Å². The Bertz CT molecular complexity index is 595. The number of carbonyl (C=O) groups is 2. The molecule has 0 aliphatic heterocycles. The lowest BCUT2D eigenvalue weighted by Crippen LogP contribution is -2.23. The number of rotatable bonds is 4. The largest absolute Gasteiger partial charge is 0.481 e. The summed E-state index contributed by atoms with van der Waals surface area (Å²) in [6, 6.07) is 6.24. The summed E-state index contributed by atoms with van der Waals surface area (Å²) in [5.41, 5.74) is 2.61. The van der Waals surface area contributed by atoms with Gasteiger partial charge in [-0.1, -0.05) is 60.6 Å². The summed E-state index contributed by atoms with van der Waals surface area (Å²) in [7, 11) is 0. The van der Waals surface area contributed by atoms with E-state index < -0.39 is 17.2 Å². The van der Waals surface area contributed by atoms with E-state index in [1.165, 1.54) is 22.9 Å². The van der Waals surface area contributed by atoms with Crippen molar-refractivity contribution >= 4 is 23.7 Å². The smallest absolute Gasteiger partial charge is 0.316 e. The Hall–Kier alpha value is -1.49. The van der Waals surface area contributed by atoms with Gasteiger partial charge < -0.3 is 10.2 Å². The average molecular weight is 369 g/mol. The number of carboxylic acids is 2. The fourth-order valence-corrected chi connectivity index (χ4v) is 3.44. The molecular formula is C20H32O4S. The zero-order valence-corrected chi connectivity index (χ0v) is 17.5. The van der Waals surface area contributed by atoms with Gasteiger partial charge in [0.25, 0.3) is 0 Å². The van der Waals surface area contributed by atoms with E-state index in [1.54, 1.807) is 13.8 Å². The van der Waals surface area contributed by atoms with E-state index in [0.29, 0.717) is 0 Å². The third-order valence-corrected chi connectivity index (χ3v) is 4.69. The van der Waals surface area contributed by atoms with Gasteiger partial charge in [0.15, 0.2) is 0 Å². The van der Waals surface area contributed by atoms with Gasteiger partial charge in [0.05, 0.1) is 0 Å². The fourth-order valence-electron chi connectivity index (χ4n) is 2.27. The molecule has 5 heteroatoms. The minimum atomic E-state index is -0.768. The molecule has 0 saturated carbocycles. The fraction of sp³-hybridized carbons (Fsp3) is 0.600. The highest BCUT2D eigenvalue weighted by Crippen LogP contribution is 2.41. The monoisotopic (exact) mass is 368 g/mol. The molecule has 0 amide bonds. The Kier molecular flexibility index (Phi) is 8.72. The maximum atomic E-state index is 11.1. The molecule has 2 N–H and O–H groups in total. The molecule has 25 heavy (non-hydrogen) atoms. The Morgan fingerprint density at radius 3 is 1.84 bits per heavy atom. The molecule has 0 fully saturated rings. The predicted molar refractivity (Wildman–Crippen MR) is 105 cm³/mol. The number of thioether (sulfide) groups is 1. The molecule has 1 unspecified atom stereocenters. The van der Waals surface area contributed by atoms with E-state index in [9.17, 15) is 9.59 Å². The zero-order chi connectivity index (χ0) is 20.0. The van der Waals surface area contributed by atoms with Crippen LogP contribution in [0.15, 0.2) is 23.1 Å². The highest BCUT2D eigenvalue weighted by atomic mass is 32.2. The van der Waals surface area contributed by atoms with Gasteiger partial charge in [-0.3, -0.25) is 9.59 Å². The van der Waals surface area contributed by atoms with Crippen LogP contribution < -0.4 is 0 Å². The Balaban J connectivity index is 0.00000101. The molecule has 1 aromatic rings. The summed E-state index contributed by atoms with van der Waals surface area (Å²) in [4.78, 5) is 21.6. The molecule has 0 heterocycles. The van der Waals surface area contributed by atoms with E-state index in [-0.39, 0.29) is 17.3 Å². The number of carboxylic acid groups (broad SMARTS) is 2. The van der Waals surface area contributed by atoms with Crippen LogP contribution in [0.25, 0.3) is 0 Å². The second-order valence-electron chi connectivity index (χ2n) is 8.02. The second-order valence-corrected chi connectivity index (χ2v) is 9.41. The first-order valence-corrected chi connectivity index (χ1v) is 9.35. The van der Waals surface area contributed by atoms with Gasteiger partial charge in [0, 0.05) is 11.3 Å².